The third-order valence-corrected chi connectivity index (χ3v) is 1.93. The Morgan fingerprint density at radius 3 is 2.31 bits per heavy atom. The zero-order valence-electron chi connectivity index (χ0n) is 8.79. The van der Waals surface area contributed by atoms with Crippen LogP contribution in [0.5, 0.6) is 0 Å². The summed E-state index contributed by atoms with van der Waals surface area (Å²) < 4.78 is 4.80. The third-order valence-electron chi connectivity index (χ3n) is 1.93. The minimum absolute atomic E-state index is 0.406. The maximum absolute atomic E-state index is 11.2. The Balaban J connectivity index is 2.85. The molecule has 0 unspecified atom stereocenters. The van der Waals surface area contributed by atoms with Crippen molar-refractivity contribution in [1.29, 1.82) is 0 Å². The van der Waals surface area contributed by atoms with Gasteiger partial charge in [-0.05, 0) is 6.92 Å². The SMILES string of the molecule is C[C@H](N)C(=O)O[C@@H](C(=O)O)c1ccccc1. The van der Waals surface area contributed by atoms with Gasteiger partial charge in [-0.2, -0.15) is 0 Å². The molecule has 3 N–H and O–H groups in total. The van der Waals surface area contributed by atoms with E-state index in [-0.39, 0.29) is 0 Å². The van der Waals surface area contributed by atoms with Crippen LogP contribution in [-0.2, 0) is 14.3 Å². The predicted molar refractivity (Wildman–Crippen MR) is 56.6 cm³/mol. The number of carboxylic acid groups (broad SMARTS) is 1. The highest BCUT2D eigenvalue weighted by Crippen LogP contribution is 2.17. The normalized spacial score (nSPS) is 13.9. The van der Waals surface area contributed by atoms with Gasteiger partial charge in [-0.25, -0.2) is 4.79 Å². The molecule has 0 heterocycles. The molecule has 0 bridgehead atoms. The Hall–Kier alpha value is -1.88. The van der Waals surface area contributed by atoms with Crippen molar-refractivity contribution in [3.63, 3.8) is 0 Å². The van der Waals surface area contributed by atoms with Crippen molar-refractivity contribution in [2.24, 2.45) is 5.73 Å². The fourth-order valence-electron chi connectivity index (χ4n) is 1.11. The lowest BCUT2D eigenvalue weighted by atomic mass is 10.1. The molecule has 2 atom stereocenters. The zero-order valence-corrected chi connectivity index (χ0v) is 8.79. The van der Waals surface area contributed by atoms with Crippen LogP contribution >= 0.6 is 0 Å². The fourth-order valence-corrected chi connectivity index (χ4v) is 1.11. The van der Waals surface area contributed by atoms with Gasteiger partial charge in [-0.1, -0.05) is 30.3 Å². The van der Waals surface area contributed by atoms with Crippen molar-refractivity contribution in [2.45, 2.75) is 19.1 Å². The van der Waals surface area contributed by atoms with Crippen LogP contribution in [0.4, 0.5) is 0 Å². The van der Waals surface area contributed by atoms with Gasteiger partial charge in [0.05, 0.1) is 0 Å². The largest absolute Gasteiger partial charge is 0.478 e. The van der Waals surface area contributed by atoms with E-state index in [4.69, 9.17) is 15.6 Å². The number of hydrogen-bond acceptors (Lipinski definition) is 4. The van der Waals surface area contributed by atoms with Gasteiger partial charge in [0.25, 0.3) is 0 Å². The first-order valence-electron chi connectivity index (χ1n) is 4.76. The molecule has 1 rings (SSSR count). The monoisotopic (exact) mass is 223 g/mol. The van der Waals surface area contributed by atoms with Gasteiger partial charge < -0.3 is 15.6 Å². The summed E-state index contributed by atoms with van der Waals surface area (Å²) in [6, 6.07) is 7.40. The predicted octanol–water partition coefficient (Wildman–Crippen LogP) is 0.703. The Morgan fingerprint density at radius 1 is 1.31 bits per heavy atom. The molecule has 0 aromatic heterocycles. The van der Waals surface area contributed by atoms with Crippen molar-refractivity contribution in [2.75, 3.05) is 0 Å². The summed E-state index contributed by atoms with van der Waals surface area (Å²) in [4.78, 5) is 22.2. The molecule has 0 aliphatic carbocycles. The number of rotatable bonds is 4. The summed E-state index contributed by atoms with van der Waals surface area (Å²) in [5.41, 5.74) is 5.70. The molecular weight excluding hydrogens is 210 g/mol. The van der Waals surface area contributed by atoms with Gasteiger partial charge in [0.1, 0.15) is 6.04 Å². The average molecular weight is 223 g/mol. The van der Waals surface area contributed by atoms with Crippen LogP contribution in [0.2, 0.25) is 0 Å². The third kappa shape index (κ3) is 3.06. The number of nitrogens with two attached hydrogens (primary N) is 1. The topological polar surface area (TPSA) is 89.6 Å². The van der Waals surface area contributed by atoms with Crippen LogP contribution < -0.4 is 5.73 Å². The van der Waals surface area contributed by atoms with E-state index in [2.05, 4.69) is 0 Å². The maximum Gasteiger partial charge on any atom is 0.349 e. The average Bonchev–Trinajstić information content (AvgIpc) is 2.26. The van der Waals surface area contributed by atoms with Gasteiger partial charge in [0.2, 0.25) is 6.10 Å². The molecule has 0 radical (unpaired) electrons. The number of carbonyl (C=O) groups excluding carboxylic acids is 1. The van der Waals surface area contributed by atoms with E-state index in [0.29, 0.717) is 5.56 Å². The Labute approximate surface area is 92.8 Å². The van der Waals surface area contributed by atoms with Crippen LogP contribution in [0, 0.1) is 0 Å². The summed E-state index contributed by atoms with van der Waals surface area (Å²) >= 11 is 0. The van der Waals surface area contributed by atoms with Crippen molar-refractivity contribution in [1.82, 2.24) is 0 Å². The maximum atomic E-state index is 11.2. The molecule has 0 aliphatic rings. The van der Waals surface area contributed by atoms with Crippen LogP contribution in [0.1, 0.15) is 18.6 Å². The first-order valence-corrected chi connectivity index (χ1v) is 4.76. The molecule has 0 saturated carbocycles. The quantitative estimate of drug-likeness (QED) is 0.733. The molecule has 5 nitrogen and oxygen atoms in total. The first kappa shape index (κ1) is 12.2. The van der Waals surface area contributed by atoms with E-state index >= 15 is 0 Å². The number of aliphatic carboxylic acids is 1. The van der Waals surface area contributed by atoms with Gasteiger partial charge in [-0.3, -0.25) is 4.79 Å². The first-order chi connectivity index (χ1) is 7.52. The zero-order chi connectivity index (χ0) is 12.1. The van der Waals surface area contributed by atoms with Gasteiger partial charge >= 0.3 is 11.9 Å². The molecule has 0 amide bonds. The minimum Gasteiger partial charge on any atom is -0.478 e. The lowest BCUT2D eigenvalue weighted by Crippen LogP contribution is -2.31. The molecule has 0 aliphatic heterocycles. The molecule has 1 aromatic carbocycles. The molecule has 5 heteroatoms. The van der Waals surface area contributed by atoms with E-state index in [9.17, 15) is 9.59 Å². The number of hydrogen-bond donors (Lipinski definition) is 2. The second kappa shape index (κ2) is 5.27. The van der Waals surface area contributed by atoms with Crippen LogP contribution in [0.15, 0.2) is 30.3 Å². The van der Waals surface area contributed by atoms with Crippen LogP contribution in [0.25, 0.3) is 0 Å². The van der Waals surface area contributed by atoms with Crippen molar-refractivity contribution < 1.29 is 19.4 Å². The molecule has 86 valence electrons. The standard InChI is InChI=1S/C11H13NO4/c1-7(12)11(15)16-9(10(13)14)8-5-3-2-4-6-8/h2-7,9H,12H2,1H3,(H,13,14)/t7-,9+/m0/s1. The number of carboxylic acids is 1. The van der Waals surface area contributed by atoms with Crippen LogP contribution in [-0.4, -0.2) is 23.1 Å². The van der Waals surface area contributed by atoms with Gasteiger partial charge in [0.15, 0.2) is 0 Å². The highest BCUT2D eigenvalue weighted by Gasteiger charge is 2.25. The van der Waals surface area contributed by atoms with E-state index in [1.54, 1.807) is 30.3 Å². The Bertz CT molecular complexity index is 375. The lowest BCUT2D eigenvalue weighted by molar-refractivity contribution is -0.165. The minimum atomic E-state index is -1.31. The second-order valence-electron chi connectivity index (χ2n) is 3.35. The summed E-state index contributed by atoms with van der Waals surface area (Å²) in [5, 5.41) is 8.94. The van der Waals surface area contributed by atoms with E-state index < -0.39 is 24.1 Å². The summed E-state index contributed by atoms with van der Waals surface area (Å²) in [6.07, 6.45) is -1.31. The fraction of sp³-hybridized carbons (Fsp3) is 0.273. The Morgan fingerprint density at radius 2 is 1.88 bits per heavy atom. The molecule has 16 heavy (non-hydrogen) atoms. The summed E-state index contributed by atoms with van der Waals surface area (Å²) in [6.45, 7) is 1.44. The van der Waals surface area contributed by atoms with Crippen molar-refractivity contribution in [3.8, 4) is 0 Å². The van der Waals surface area contributed by atoms with Gasteiger partial charge in [0, 0.05) is 5.56 Å². The molecule has 1 aromatic rings. The summed E-state index contributed by atoms with van der Waals surface area (Å²) in [5.74, 6) is -1.96. The highest BCUT2D eigenvalue weighted by molar-refractivity contribution is 5.81. The molecule has 0 saturated heterocycles. The van der Waals surface area contributed by atoms with Crippen molar-refractivity contribution >= 4 is 11.9 Å². The number of esters is 1. The smallest absolute Gasteiger partial charge is 0.349 e. The number of ether oxygens (including phenoxy) is 1. The summed E-state index contributed by atoms with van der Waals surface area (Å²) in [7, 11) is 0. The van der Waals surface area contributed by atoms with E-state index in [0.717, 1.165) is 0 Å². The van der Waals surface area contributed by atoms with Crippen LogP contribution in [0.3, 0.4) is 0 Å². The van der Waals surface area contributed by atoms with Crippen molar-refractivity contribution in [3.05, 3.63) is 35.9 Å². The molecule has 0 fully saturated rings. The Kier molecular flexibility index (Phi) is 4.02. The highest BCUT2D eigenvalue weighted by atomic mass is 16.6. The number of benzene rings is 1. The second-order valence-corrected chi connectivity index (χ2v) is 3.35. The molecular formula is C11H13NO4. The van der Waals surface area contributed by atoms with E-state index in [1.807, 2.05) is 0 Å². The van der Waals surface area contributed by atoms with E-state index in [1.165, 1.54) is 6.92 Å². The lowest BCUT2D eigenvalue weighted by Gasteiger charge is -2.15. The molecule has 0 spiro atoms. The number of carbonyl (C=O) groups is 2. The van der Waals surface area contributed by atoms with Gasteiger partial charge in [-0.15, -0.1) is 0 Å².